The maximum absolute atomic E-state index is 12.8. The van der Waals surface area contributed by atoms with E-state index in [1.165, 1.54) is 0 Å². The molecule has 0 aliphatic carbocycles. The van der Waals surface area contributed by atoms with Crippen LogP contribution in [0, 0.1) is 5.92 Å². The number of benzene rings is 2. The lowest BCUT2D eigenvalue weighted by molar-refractivity contribution is 0.0857. The Bertz CT molecular complexity index is 844. The fourth-order valence-electron chi connectivity index (χ4n) is 3.09. The first-order valence-corrected chi connectivity index (χ1v) is 10.1. The Balaban J connectivity index is 1.64. The standard InChI is InChI=1S/C23H28N2O4/c1-16(2)15-29-21-11-4-3-10-20(21)23(27)25-18-8-5-7-17(13-18)22(26)24-14-19-9-6-12-28-19/h3-5,7-8,10-11,13,16,19H,6,9,12,14-15H2,1-2H3,(H,24,26)(H,25,27)/t19-/m0/s1. The van der Waals surface area contributed by atoms with Gasteiger partial charge < -0.3 is 20.1 Å². The number of amides is 2. The molecular weight excluding hydrogens is 368 g/mol. The van der Waals surface area contributed by atoms with E-state index >= 15 is 0 Å². The second-order valence-corrected chi connectivity index (χ2v) is 7.58. The van der Waals surface area contributed by atoms with E-state index in [0.717, 1.165) is 19.4 Å². The van der Waals surface area contributed by atoms with Gasteiger partial charge in [0.25, 0.3) is 11.8 Å². The zero-order chi connectivity index (χ0) is 20.6. The molecule has 1 atom stereocenters. The third kappa shape index (κ3) is 6.06. The number of hydrogen-bond donors (Lipinski definition) is 2. The van der Waals surface area contributed by atoms with Crippen molar-refractivity contribution in [2.75, 3.05) is 25.1 Å². The van der Waals surface area contributed by atoms with E-state index in [4.69, 9.17) is 9.47 Å². The van der Waals surface area contributed by atoms with Gasteiger partial charge in [-0.3, -0.25) is 9.59 Å². The highest BCUT2D eigenvalue weighted by Gasteiger charge is 2.17. The normalized spacial score (nSPS) is 15.9. The molecular formula is C23H28N2O4. The monoisotopic (exact) mass is 396 g/mol. The lowest BCUT2D eigenvalue weighted by Crippen LogP contribution is -2.31. The van der Waals surface area contributed by atoms with Crippen molar-refractivity contribution in [2.24, 2.45) is 5.92 Å². The van der Waals surface area contributed by atoms with Crippen molar-refractivity contribution in [3.05, 3.63) is 59.7 Å². The number of ether oxygens (including phenoxy) is 2. The van der Waals surface area contributed by atoms with Crippen LogP contribution in [0.25, 0.3) is 0 Å². The van der Waals surface area contributed by atoms with Crippen LogP contribution in [0.4, 0.5) is 5.69 Å². The number of anilines is 1. The van der Waals surface area contributed by atoms with Gasteiger partial charge in [0.15, 0.2) is 0 Å². The number of carbonyl (C=O) groups is 2. The molecule has 6 heteroatoms. The van der Waals surface area contributed by atoms with E-state index in [0.29, 0.717) is 41.6 Å². The molecule has 1 aliphatic heterocycles. The summed E-state index contributed by atoms with van der Waals surface area (Å²) in [6.07, 6.45) is 2.09. The van der Waals surface area contributed by atoms with Crippen molar-refractivity contribution in [2.45, 2.75) is 32.8 Å². The molecule has 3 rings (SSSR count). The van der Waals surface area contributed by atoms with E-state index in [9.17, 15) is 9.59 Å². The van der Waals surface area contributed by atoms with Crippen molar-refractivity contribution in [3.63, 3.8) is 0 Å². The average Bonchev–Trinajstić information content (AvgIpc) is 3.24. The van der Waals surface area contributed by atoms with Crippen molar-refractivity contribution in [1.29, 1.82) is 0 Å². The lowest BCUT2D eigenvalue weighted by Gasteiger charge is -2.14. The van der Waals surface area contributed by atoms with E-state index in [-0.39, 0.29) is 17.9 Å². The van der Waals surface area contributed by atoms with Crippen molar-refractivity contribution in [1.82, 2.24) is 5.32 Å². The molecule has 2 aromatic rings. The zero-order valence-corrected chi connectivity index (χ0v) is 16.9. The Labute approximate surface area is 171 Å². The third-order valence-electron chi connectivity index (χ3n) is 4.60. The number of hydrogen-bond acceptors (Lipinski definition) is 4. The minimum absolute atomic E-state index is 0.0872. The smallest absolute Gasteiger partial charge is 0.259 e. The summed E-state index contributed by atoms with van der Waals surface area (Å²) in [5.41, 5.74) is 1.50. The SMILES string of the molecule is CC(C)COc1ccccc1C(=O)Nc1cccc(C(=O)NC[C@@H]2CCCO2)c1. The highest BCUT2D eigenvalue weighted by molar-refractivity contribution is 6.06. The number of nitrogens with one attached hydrogen (secondary N) is 2. The van der Waals surface area contributed by atoms with E-state index in [2.05, 4.69) is 24.5 Å². The van der Waals surface area contributed by atoms with Gasteiger partial charge in [0.2, 0.25) is 0 Å². The second kappa shape index (κ2) is 10.1. The van der Waals surface area contributed by atoms with Crippen molar-refractivity contribution in [3.8, 4) is 5.75 Å². The molecule has 6 nitrogen and oxygen atoms in total. The van der Waals surface area contributed by atoms with Crippen LogP contribution in [-0.4, -0.2) is 37.7 Å². The summed E-state index contributed by atoms with van der Waals surface area (Å²) in [6.45, 7) is 5.89. The summed E-state index contributed by atoms with van der Waals surface area (Å²) in [6, 6.07) is 14.0. The largest absolute Gasteiger partial charge is 0.492 e. The first-order valence-electron chi connectivity index (χ1n) is 10.1. The van der Waals surface area contributed by atoms with E-state index in [1.807, 2.05) is 6.07 Å². The Hall–Kier alpha value is -2.86. The molecule has 0 radical (unpaired) electrons. The maximum Gasteiger partial charge on any atom is 0.259 e. The first-order chi connectivity index (χ1) is 14.0. The van der Waals surface area contributed by atoms with Gasteiger partial charge in [-0.1, -0.05) is 32.0 Å². The van der Waals surface area contributed by atoms with Crippen LogP contribution in [0.5, 0.6) is 5.75 Å². The van der Waals surface area contributed by atoms with Gasteiger partial charge >= 0.3 is 0 Å². The Morgan fingerprint density at radius 1 is 1.14 bits per heavy atom. The number of rotatable bonds is 8. The van der Waals surface area contributed by atoms with Crippen LogP contribution >= 0.6 is 0 Å². The van der Waals surface area contributed by atoms with Gasteiger partial charge in [-0.15, -0.1) is 0 Å². The quantitative estimate of drug-likeness (QED) is 0.710. The summed E-state index contributed by atoms with van der Waals surface area (Å²) < 4.78 is 11.3. The van der Waals surface area contributed by atoms with Gasteiger partial charge in [0.05, 0.1) is 18.3 Å². The predicted octanol–water partition coefficient (Wildman–Crippen LogP) is 3.88. The average molecular weight is 396 g/mol. The summed E-state index contributed by atoms with van der Waals surface area (Å²) >= 11 is 0. The molecule has 1 heterocycles. The molecule has 0 aromatic heterocycles. The fraction of sp³-hybridized carbons (Fsp3) is 0.391. The second-order valence-electron chi connectivity index (χ2n) is 7.58. The minimum Gasteiger partial charge on any atom is -0.492 e. The summed E-state index contributed by atoms with van der Waals surface area (Å²) in [5, 5.41) is 5.75. The van der Waals surface area contributed by atoms with Gasteiger partial charge in [0.1, 0.15) is 5.75 Å². The molecule has 0 spiro atoms. The topological polar surface area (TPSA) is 76.7 Å². The highest BCUT2D eigenvalue weighted by atomic mass is 16.5. The molecule has 2 amide bonds. The number of carbonyl (C=O) groups excluding carboxylic acids is 2. The third-order valence-corrected chi connectivity index (χ3v) is 4.60. The van der Waals surface area contributed by atoms with Gasteiger partial charge in [0, 0.05) is 24.4 Å². The predicted molar refractivity (Wildman–Crippen MR) is 112 cm³/mol. The Kier molecular flexibility index (Phi) is 7.25. The Morgan fingerprint density at radius 2 is 1.97 bits per heavy atom. The van der Waals surface area contributed by atoms with Crippen LogP contribution in [0.3, 0.4) is 0 Å². The molecule has 0 unspecified atom stereocenters. The molecule has 0 bridgehead atoms. The van der Waals surface area contributed by atoms with Crippen LogP contribution < -0.4 is 15.4 Å². The van der Waals surface area contributed by atoms with Crippen molar-refractivity contribution < 1.29 is 19.1 Å². The molecule has 2 aromatic carbocycles. The molecule has 1 fully saturated rings. The van der Waals surface area contributed by atoms with Crippen LogP contribution in [0.1, 0.15) is 47.4 Å². The fourth-order valence-corrected chi connectivity index (χ4v) is 3.09. The zero-order valence-electron chi connectivity index (χ0n) is 16.9. The summed E-state index contributed by atoms with van der Waals surface area (Å²) in [7, 11) is 0. The van der Waals surface area contributed by atoms with Crippen molar-refractivity contribution >= 4 is 17.5 Å². The number of para-hydroxylation sites is 1. The Morgan fingerprint density at radius 3 is 2.72 bits per heavy atom. The van der Waals surface area contributed by atoms with Crippen LogP contribution in [0.2, 0.25) is 0 Å². The maximum atomic E-state index is 12.8. The van der Waals surface area contributed by atoms with Gasteiger partial charge in [-0.25, -0.2) is 0 Å². The van der Waals surface area contributed by atoms with E-state index < -0.39 is 0 Å². The van der Waals surface area contributed by atoms with E-state index in [1.54, 1.807) is 42.5 Å². The lowest BCUT2D eigenvalue weighted by atomic mass is 10.1. The first kappa shape index (κ1) is 20.9. The molecule has 29 heavy (non-hydrogen) atoms. The summed E-state index contributed by atoms with van der Waals surface area (Å²) in [5.74, 6) is 0.443. The summed E-state index contributed by atoms with van der Waals surface area (Å²) in [4.78, 5) is 25.2. The highest BCUT2D eigenvalue weighted by Crippen LogP contribution is 2.21. The molecule has 0 saturated carbocycles. The van der Waals surface area contributed by atoms with Gasteiger partial charge in [-0.05, 0) is 49.1 Å². The van der Waals surface area contributed by atoms with Crippen LogP contribution in [0.15, 0.2) is 48.5 Å². The minimum atomic E-state index is -0.277. The molecule has 1 saturated heterocycles. The molecule has 1 aliphatic rings. The molecule has 2 N–H and O–H groups in total. The van der Waals surface area contributed by atoms with Gasteiger partial charge in [-0.2, -0.15) is 0 Å². The van der Waals surface area contributed by atoms with Crippen LogP contribution in [-0.2, 0) is 4.74 Å². The molecule has 154 valence electrons.